The maximum Gasteiger partial charge on any atom is 0.274 e. The van der Waals surface area contributed by atoms with Crippen molar-refractivity contribution >= 4 is 5.91 Å². The van der Waals surface area contributed by atoms with E-state index in [9.17, 15) is 13.6 Å². The van der Waals surface area contributed by atoms with Gasteiger partial charge < -0.3 is 9.47 Å². The van der Waals surface area contributed by atoms with Crippen molar-refractivity contribution in [1.82, 2.24) is 29.2 Å². The lowest BCUT2D eigenvalue weighted by atomic mass is 10.1. The van der Waals surface area contributed by atoms with Gasteiger partial charge in [0.15, 0.2) is 5.69 Å². The van der Waals surface area contributed by atoms with Crippen LogP contribution in [0.1, 0.15) is 29.0 Å². The van der Waals surface area contributed by atoms with Crippen LogP contribution in [-0.4, -0.2) is 54.1 Å². The molecule has 4 heterocycles. The van der Waals surface area contributed by atoms with E-state index in [-0.39, 0.29) is 37.5 Å². The van der Waals surface area contributed by atoms with Gasteiger partial charge in [0, 0.05) is 44.9 Å². The maximum absolute atomic E-state index is 13.4. The van der Waals surface area contributed by atoms with Gasteiger partial charge in [-0.15, -0.1) is 0 Å². The summed E-state index contributed by atoms with van der Waals surface area (Å²) < 4.78 is 30.2. The molecule has 146 valence electrons. The van der Waals surface area contributed by atoms with Crippen LogP contribution in [0.5, 0.6) is 0 Å². The first-order valence-corrected chi connectivity index (χ1v) is 9.01. The Kier molecular flexibility index (Phi) is 4.44. The normalized spacial score (nSPS) is 16.4. The molecule has 1 fully saturated rings. The van der Waals surface area contributed by atoms with Crippen molar-refractivity contribution in [1.29, 1.82) is 0 Å². The van der Waals surface area contributed by atoms with Gasteiger partial charge in [0.25, 0.3) is 11.8 Å². The van der Waals surface area contributed by atoms with Crippen molar-refractivity contribution in [3.05, 3.63) is 48.3 Å². The van der Waals surface area contributed by atoms with E-state index in [2.05, 4.69) is 15.1 Å². The molecule has 0 saturated carbocycles. The van der Waals surface area contributed by atoms with Crippen molar-refractivity contribution in [3.8, 4) is 17.1 Å². The van der Waals surface area contributed by atoms with E-state index >= 15 is 0 Å². The number of carbonyl (C=O) groups excluding carboxylic acids is 1. The predicted octanol–water partition coefficient (Wildman–Crippen LogP) is 2.85. The van der Waals surface area contributed by atoms with Gasteiger partial charge in [-0.2, -0.15) is 5.10 Å². The fraction of sp³-hybridized carbons (Fsp3) is 0.368. The molecule has 0 bridgehead atoms. The van der Waals surface area contributed by atoms with Gasteiger partial charge >= 0.3 is 0 Å². The zero-order valence-corrected chi connectivity index (χ0v) is 15.6. The number of pyridine rings is 1. The minimum atomic E-state index is -2.71. The Bertz CT molecular complexity index is 998. The van der Waals surface area contributed by atoms with Crippen molar-refractivity contribution in [2.45, 2.75) is 25.7 Å². The van der Waals surface area contributed by atoms with Gasteiger partial charge in [-0.1, -0.05) is 0 Å². The summed E-state index contributed by atoms with van der Waals surface area (Å²) in [5.41, 5.74) is 3.04. The fourth-order valence-corrected chi connectivity index (χ4v) is 3.19. The number of amides is 1. The first-order chi connectivity index (χ1) is 13.3. The number of hydrogen-bond acceptors (Lipinski definition) is 4. The van der Waals surface area contributed by atoms with Crippen LogP contribution in [0.3, 0.4) is 0 Å². The number of aromatic nitrogens is 5. The third-order valence-corrected chi connectivity index (χ3v) is 4.82. The summed E-state index contributed by atoms with van der Waals surface area (Å²) in [6.07, 6.45) is 4.51. The van der Waals surface area contributed by atoms with Crippen LogP contribution in [0.4, 0.5) is 8.78 Å². The summed E-state index contributed by atoms with van der Waals surface area (Å²) in [4.78, 5) is 22.9. The van der Waals surface area contributed by atoms with Gasteiger partial charge in [0.1, 0.15) is 5.69 Å². The van der Waals surface area contributed by atoms with Gasteiger partial charge in [-0.3, -0.25) is 9.78 Å². The monoisotopic (exact) mass is 386 g/mol. The Labute approximate surface area is 160 Å². The molecule has 1 aliphatic rings. The first kappa shape index (κ1) is 18.3. The highest BCUT2D eigenvalue weighted by atomic mass is 19.3. The van der Waals surface area contributed by atoms with E-state index in [1.165, 1.54) is 4.90 Å². The molecule has 0 N–H and O–H groups in total. The topological polar surface area (TPSA) is 68.8 Å². The standard InChI is InChI=1S/C19H20F2N6O/c1-13-3-4-14(10-22-13)27-17(16-11-25(2)12-23-16)9-15(24-27)18(28)26-7-5-19(20,21)6-8-26/h3-4,9-12H,5-8H2,1-2H3. The number of halogens is 2. The molecule has 3 aromatic rings. The van der Waals surface area contributed by atoms with E-state index in [1.54, 1.807) is 27.8 Å². The summed E-state index contributed by atoms with van der Waals surface area (Å²) in [7, 11) is 1.85. The number of aryl methyl sites for hydroxylation is 2. The average molecular weight is 386 g/mol. The van der Waals surface area contributed by atoms with E-state index in [4.69, 9.17) is 0 Å². The molecule has 0 spiro atoms. The largest absolute Gasteiger partial charge is 0.340 e. The Balaban J connectivity index is 1.71. The molecular formula is C19H20F2N6O. The summed E-state index contributed by atoms with van der Waals surface area (Å²) >= 11 is 0. The van der Waals surface area contributed by atoms with Crippen LogP contribution in [0.2, 0.25) is 0 Å². The summed E-state index contributed by atoms with van der Waals surface area (Å²) in [6.45, 7) is 1.92. The Hall–Kier alpha value is -3.10. The minimum absolute atomic E-state index is 0.0176. The third-order valence-electron chi connectivity index (χ3n) is 4.82. The molecule has 4 rings (SSSR count). The number of nitrogens with zero attached hydrogens (tertiary/aromatic N) is 6. The fourth-order valence-electron chi connectivity index (χ4n) is 3.19. The first-order valence-electron chi connectivity index (χ1n) is 9.01. The molecule has 0 radical (unpaired) electrons. The smallest absolute Gasteiger partial charge is 0.274 e. The van der Waals surface area contributed by atoms with Crippen molar-refractivity contribution in [3.63, 3.8) is 0 Å². The van der Waals surface area contributed by atoms with Gasteiger partial charge in [0.05, 0.1) is 23.9 Å². The molecule has 0 atom stereocenters. The van der Waals surface area contributed by atoms with E-state index in [1.807, 2.05) is 32.3 Å². The number of likely N-dealkylation sites (tertiary alicyclic amines) is 1. The number of rotatable bonds is 3. The van der Waals surface area contributed by atoms with Crippen LogP contribution in [0, 0.1) is 6.92 Å². The zero-order valence-electron chi connectivity index (χ0n) is 15.6. The molecule has 7 nitrogen and oxygen atoms in total. The molecular weight excluding hydrogens is 366 g/mol. The molecule has 0 unspecified atom stereocenters. The van der Waals surface area contributed by atoms with Crippen LogP contribution in [0.25, 0.3) is 17.1 Å². The Morgan fingerprint density at radius 3 is 2.54 bits per heavy atom. The van der Waals surface area contributed by atoms with E-state index in [0.717, 1.165) is 5.69 Å². The van der Waals surface area contributed by atoms with Gasteiger partial charge in [0.2, 0.25) is 0 Å². The van der Waals surface area contributed by atoms with Crippen molar-refractivity contribution < 1.29 is 13.6 Å². The lowest BCUT2D eigenvalue weighted by Gasteiger charge is -2.31. The highest BCUT2D eigenvalue weighted by molar-refractivity contribution is 5.93. The molecule has 0 aliphatic carbocycles. The van der Waals surface area contributed by atoms with Gasteiger partial charge in [-0.25, -0.2) is 18.4 Å². The van der Waals surface area contributed by atoms with Crippen LogP contribution < -0.4 is 0 Å². The van der Waals surface area contributed by atoms with Crippen molar-refractivity contribution in [2.24, 2.45) is 7.05 Å². The number of piperidine rings is 1. The Morgan fingerprint density at radius 1 is 1.18 bits per heavy atom. The van der Waals surface area contributed by atoms with Crippen LogP contribution in [-0.2, 0) is 7.05 Å². The maximum atomic E-state index is 13.4. The number of imidazole rings is 1. The van der Waals surface area contributed by atoms with Crippen molar-refractivity contribution in [2.75, 3.05) is 13.1 Å². The third kappa shape index (κ3) is 3.51. The second-order valence-electron chi connectivity index (χ2n) is 7.06. The molecule has 1 aliphatic heterocycles. The zero-order chi connectivity index (χ0) is 19.9. The number of hydrogen-bond donors (Lipinski definition) is 0. The summed E-state index contributed by atoms with van der Waals surface area (Å²) in [5.74, 6) is -3.06. The molecule has 9 heteroatoms. The quantitative estimate of drug-likeness (QED) is 0.694. The molecule has 0 aromatic carbocycles. The number of carbonyl (C=O) groups is 1. The SMILES string of the molecule is Cc1ccc(-n2nc(C(=O)N3CCC(F)(F)CC3)cc2-c2cn(C)cn2)cn1. The second kappa shape index (κ2) is 6.81. The highest BCUT2D eigenvalue weighted by Crippen LogP contribution is 2.29. The highest BCUT2D eigenvalue weighted by Gasteiger charge is 2.36. The number of alkyl halides is 2. The lowest BCUT2D eigenvalue weighted by Crippen LogP contribution is -2.42. The predicted molar refractivity (Wildman–Crippen MR) is 98.4 cm³/mol. The minimum Gasteiger partial charge on any atom is -0.340 e. The second-order valence-corrected chi connectivity index (χ2v) is 7.06. The Morgan fingerprint density at radius 2 is 1.93 bits per heavy atom. The molecule has 28 heavy (non-hydrogen) atoms. The van der Waals surface area contributed by atoms with E-state index < -0.39 is 5.92 Å². The van der Waals surface area contributed by atoms with Crippen LogP contribution in [0.15, 0.2) is 36.9 Å². The lowest BCUT2D eigenvalue weighted by molar-refractivity contribution is -0.0495. The molecule has 1 saturated heterocycles. The summed E-state index contributed by atoms with van der Waals surface area (Å²) in [5, 5.41) is 4.46. The van der Waals surface area contributed by atoms with Crippen LogP contribution >= 0.6 is 0 Å². The van der Waals surface area contributed by atoms with Gasteiger partial charge in [-0.05, 0) is 25.1 Å². The summed E-state index contributed by atoms with van der Waals surface area (Å²) in [6, 6.07) is 5.36. The molecule has 1 amide bonds. The molecule has 3 aromatic heterocycles. The average Bonchev–Trinajstić information content (AvgIpc) is 3.28. The van der Waals surface area contributed by atoms with E-state index in [0.29, 0.717) is 17.1 Å².